The van der Waals surface area contributed by atoms with Crippen molar-refractivity contribution in [2.24, 2.45) is 0 Å². The normalized spacial score (nSPS) is 20.9. The van der Waals surface area contributed by atoms with Gasteiger partial charge >= 0.3 is 0 Å². The highest BCUT2D eigenvalue weighted by Crippen LogP contribution is 2.24. The molecule has 0 radical (unpaired) electrons. The molecule has 1 fully saturated rings. The smallest absolute Gasteiger partial charge is 0.271 e. The molecule has 122 valence electrons. The fourth-order valence-corrected chi connectivity index (χ4v) is 3.38. The van der Waals surface area contributed by atoms with Crippen molar-refractivity contribution in [1.29, 1.82) is 0 Å². The molecule has 2 aromatic heterocycles. The maximum Gasteiger partial charge on any atom is 0.271 e. The standard InChI is InChI=1S/C16H20N4O2S/c21-13-5-3-12(4-6-13)19-16-20-14(10-23-16)15(22)18-9-11-2-1-7-17-8-11/h1-2,7-8,10,12-13,21H,3-6,9H2,(H,18,22)(H,19,20). The van der Waals surface area contributed by atoms with Crippen LogP contribution in [-0.2, 0) is 6.54 Å². The highest BCUT2D eigenvalue weighted by molar-refractivity contribution is 7.13. The van der Waals surface area contributed by atoms with Crippen molar-refractivity contribution in [2.45, 2.75) is 44.4 Å². The van der Waals surface area contributed by atoms with Crippen molar-refractivity contribution in [3.8, 4) is 0 Å². The van der Waals surface area contributed by atoms with Crippen LogP contribution in [0.15, 0.2) is 29.9 Å². The summed E-state index contributed by atoms with van der Waals surface area (Å²) < 4.78 is 0. The summed E-state index contributed by atoms with van der Waals surface area (Å²) in [5.74, 6) is -0.183. The summed E-state index contributed by atoms with van der Waals surface area (Å²) in [4.78, 5) is 20.5. The first-order valence-corrected chi connectivity index (χ1v) is 8.66. The molecule has 7 heteroatoms. The Morgan fingerprint density at radius 1 is 1.35 bits per heavy atom. The Kier molecular flexibility index (Phi) is 5.19. The second-order valence-electron chi connectivity index (χ2n) is 5.73. The van der Waals surface area contributed by atoms with Gasteiger partial charge in [0.05, 0.1) is 6.10 Å². The van der Waals surface area contributed by atoms with Gasteiger partial charge in [-0.1, -0.05) is 6.07 Å². The van der Waals surface area contributed by atoms with Gasteiger partial charge in [-0.2, -0.15) is 0 Å². The number of aliphatic hydroxyl groups is 1. The third-order valence-corrected chi connectivity index (χ3v) is 4.71. The monoisotopic (exact) mass is 332 g/mol. The third-order valence-electron chi connectivity index (χ3n) is 3.94. The molecule has 1 aliphatic carbocycles. The number of hydrogen-bond donors (Lipinski definition) is 3. The quantitative estimate of drug-likeness (QED) is 0.781. The van der Waals surface area contributed by atoms with Gasteiger partial charge in [0, 0.05) is 30.4 Å². The molecule has 0 atom stereocenters. The first-order valence-electron chi connectivity index (χ1n) is 7.78. The molecule has 0 spiro atoms. The molecule has 1 aliphatic rings. The summed E-state index contributed by atoms with van der Waals surface area (Å²) in [7, 11) is 0. The van der Waals surface area contributed by atoms with Gasteiger partial charge in [-0.05, 0) is 37.3 Å². The van der Waals surface area contributed by atoms with Crippen LogP contribution >= 0.6 is 11.3 Å². The number of thiazole rings is 1. The topological polar surface area (TPSA) is 87.1 Å². The molecule has 23 heavy (non-hydrogen) atoms. The van der Waals surface area contributed by atoms with E-state index in [1.165, 1.54) is 11.3 Å². The molecule has 0 bridgehead atoms. The number of nitrogens with one attached hydrogen (secondary N) is 2. The summed E-state index contributed by atoms with van der Waals surface area (Å²) in [6.45, 7) is 0.438. The van der Waals surface area contributed by atoms with Gasteiger partial charge in [-0.15, -0.1) is 11.3 Å². The van der Waals surface area contributed by atoms with Crippen LogP contribution in [0.1, 0.15) is 41.7 Å². The van der Waals surface area contributed by atoms with E-state index in [1.54, 1.807) is 17.8 Å². The molecule has 3 N–H and O–H groups in total. The van der Waals surface area contributed by atoms with E-state index in [0.717, 1.165) is 36.4 Å². The Hall–Kier alpha value is -1.99. The molecular weight excluding hydrogens is 312 g/mol. The van der Waals surface area contributed by atoms with E-state index >= 15 is 0 Å². The molecule has 0 saturated heterocycles. The van der Waals surface area contributed by atoms with E-state index in [4.69, 9.17) is 0 Å². The number of aliphatic hydroxyl groups excluding tert-OH is 1. The van der Waals surface area contributed by atoms with E-state index in [2.05, 4.69) is 20.6 Å². The minimum atomic E-state index is -0.183. The van der Waals surface area contributed by atoms with E-state index < -0.39 is 0 Å². The largest absolute Gasteiger partial charge is 0.393 e. The Labute approximate surface area is 139 Å². The van der Waals surface area contributed by atoms with Crippen molar-refractivity contribution >= 4 is 22.4 Å². The lowest BCUT2D eigenvalue weighted by atomic mass is 9.93. The Bertz CT molecular complexity index is 639. The summed E-state index contributed by atoms with van der Waals surface area (Å²) in [5, 5.41) is 18.2. The lowest BCUT2D eigenvalue weighted by Crippen LogP contribution is -2.28. The SMILES string of the molecule is O=C(NCc1cccnc1)c1csc(NC2CCC(O)CC2)n1. The van der Waals surface area contributed by atoms with E-state index in [1.807, 2.05) is 12.1 Å². The zero-order chi connectivity index (χ0) is 16.1. The first-order chi connectivity index (χ1) is 11.2. The second-order valence-corrected chi connectivity index (χ2v) is 6.59. The molecule has 0 aromatic carbocycles. The second kappa shape index (κ2) is 7.52. The summed E-state index contributed by atoms with van der Waals surface area (Å²) in [6, 6.07) is 4.09. The first kappa shape index (κ1) is 15.9. The zero-order valence-electron chi connectivity index (χ0n) is 12.7. The molecule has 0 aliphatic heterocycles. The lowest BCUT2D eigenvalue weighted by molar-refractivity contribution is 0.0946. The number of aromatic nitrogens is 2. The van der Waals surface area contributed by atoms with Crippen molar-refractivity contribution in [1.82, 2.24) is 15.3 Å². The summed E-state index contributed by atoms with van der Waals surface area (Å²) >= 11 is 1.44. The van der Waals surface area contributed by atoms with Gasteiger partial charge < -0.3 is 15.7 Å². The molecule has 6 nitrogen and oxygen atoms in total. The van der Waals surface area contributed by atoms with Gasteiger partial charge in [-0.3, -0.25) is 9.78 Å². The molecular formula is C16H20N4O2S. The fraction of sp³-hybridized carbons (Fsp3) is 0.438. The van der Waals surface area contributed by atoms with Crippen LogP contribution in [0.3, 0.4) is 0 Å². The highest BCUT2D eigenvalue weighted by atomic mass is 32.1. The molecule has 1 saturated carbocycles. The number of nitrogens with zero attached hydrogens (tertiary/aromatic N) is 2. The molecule has 2 heterocycles. The number of anilines is 1. The molecule has 0 unspecified atom stereocenters. The maximum atomic E-state index is 12.1. The van der Waals surface area contributed by atoms with Crippen molar-refractivity contribution in [2.75, 3.05) is 5.32 Å². The van der Waals surface area contributed by atoms with Crippen LogP contribution in [0.4, 0.5) is 5.13 Å². The lowest BCUT2D eigenvalue weighted by Gasteiger charge is -2.25. The average molecular weight is 332 g/mol. The van der Waals surface area contributed by atoms with Gasteiger partial charge in [0.15, 0.2) is 5.13 Å². The van der Waals surface area contributed by atoms with Crippen molar-refractivity contribution < 1.29 is 9.90 Å². The van der Waals surface area contributed by atoms with Crippen LogP contribution in [-0.4, -0.2) is 33.1 Å². The van der Waals surface area contributed by atoms with Crippen molar-refractivity contribution in [3.63, 3.8) is 0 Å². The van der Waals surface area contributed by atoms with Gasteiger partial charge in [0.1, 0.15) is 5.69 Å². The van der Waals surface area contributed by atoms with Gasteiger partial charge in [-0.25, -0.2) is 4.98 Å². The maximum absolute atomic E-state index is 12.1. The van der Waals surface area contributed by atoms with E-state index in [0.29, 0.717) is 18.3 Å². The predicted molar refractivity (Wildman–Crippen MR) is 89.4 cm³/mol. The molecule has 1 amide bonds. The zero-order valence-corrected chi connectivity index (χ0v) is 13.6. The van der Waals surface area contributed by atoms with Crippen LogP contribution < -0.4 is 10.6 Å². The Balaban J connectivity index is 1.51. The number of carbonyl (C=O) groups excluding carboxylic acids is 1. The third kappa shape index (κ3) is 4.49. The number of rotatable bonds is 5. The van der Waals surface area contributed by atoms with Crippen molar-refractivity contribution in [3.05, 3.63) is 41.2 Å². The fourth-order valence-electron chi connectivity index (χ4n) is 2.61. The summed E-state index contributed by atoms with van der Waals surface area (Å²) in [6.07, 6.45) is 6.77. The Morgan fingerprint density at radius 3 is 2.91 bits per heavy atom. The van der Waals surface area contributed by atoms with Crippen LogP contribution in [0.5, 0.6) is 0 Å². The van der Waals surface area contributed by atoms with Gasteiger partial charge in [0.25, 0.3) is 5.91 Å². The Morgan fingerprint density at radius 2 is 2.17 bits per heavy atom. The minimum absolute atomic E-state index is 0.168. The highest BCUT2D eigenvalue weighted by Gasteiger charge is 2.20. The molecule has 3 rings (SSSR count). The van der Waals surface area contributed by atoms with E-state index in [9.17, 15) is 9.90 Å². The number of amides is 1. The summed E-state index contributed by atoms with van der Waals surface area (Å²) in [5.41, 5.74) is 1.38. The molecule has 2 aromatic rings. The van der Waals surface area contributed by atoms with Crippen LogP contribution in [0, 0.1) is 0 Å². The van der Waals surface area contributed by atoms with Crippen LogP contribution in [0.25, 0.3) is 0 Å². The minimum Gasteiger partial charge on any atom is -0.393 e. The average Bonchev–Trinajstić information content (AvgIpc) is 3.04. The van der Waals surface area contributed by atoms with E-state index in [-0.39, 0.29) is 12.0 Å². The number of carbonyl (C=O) groups is 1. The number of hydrogen-bond acceptors (Lipinski definition) is 6. The predicted octanol–water partition coefficient (Wildman–Crippen LogP) is 2.18. The van der Waals surface area contributed by atoms with Gasteiger partial charge in [0.2, 0.25) is 0 Å². The number of pyridine rings is 1. The van der Waals surface area contributed by atoms with Crippen LogP contribution in [0.2, 0.25) is 0 Å².